The lowest BCUT2D eigenvalue weighted by atomic mass is 9.90. The van der Waals surface area contributed by atoms with Gasteiger partial charge in [0.25, 0.3) is 5.91 Å². The second kappa shape index (κ2) is 7.20. The Hall–Kier alpha value is -3.41. The van der Waals surface area contributed by atoms with Crippen LogP contribution in [0.3, 0.4) is 0 Å². The highest BCUT2D eigenvalue weighted by Gasteiger charge is 2.30. The number of aromatic nitrogens is 3. The molecule has 1 N–H and O–H groups in total. The standard InChI is InChI=1S/C23H22N4O2/c1-15-8-10-16(11-9-15)19-13-24-25-21(19)17-5-4-12-27(14-17)23(28)22-18-6-2-3-7-20(18)26-29-22/h2-3,6-11,13,17H,4-5,12,14H2,1H3,(H,24,25)/t17-/m0/s1. The maximum Gasteiger partial charge on any atom is 0.293 e. The Kier molecular flexibility index (Phi) is 4.39. The zero-order valence-corrected chi connectivity index (χ0v) is 16.3. The molecule has 1 fully saturated rings. The van der Waals surface area contributed by atoms with Crippen LogP contribution in [0.5, 0.6) is 0 Å². The number of carbonyl (C=O) groups is 1. The minimum Gasteiger partial charge on any atom is -0.350 e. The molecule has 2 aromatic heterocycles. The van der Waals surface area contributed by atoms with Gasteiger partial charge in [-0.05, 0) is 37.5 Å². The number of aryl methyl sites for hydroxylation is 1. The number of nitrogens with one attached hydrogen (secondary N) is 1. The van der Waals surface area contributed by atoms with Crippen molar-refractivity contribution < 1.29 is 9.32 Å². The molecule has 1 atom stereocenters. The highest BCUT2D eigenvalue weighted by molar-refractivity contribution is 6.03. The van der Waals surface area contributed by atoms with Crippen molar-refractivity contribution >= 4 is 16.8 Å². The molecule has 146 valence electrons. The summed E-state index contributed by atoms with van der Waals surface area (Å²) in [4.78, 5) is 15.0. The molecule has 6 heteroatoms. The summed E-state index contributed by atoms with van der Waals surface area (Å²) < 4.78 is 5.40. The van der Waals surface area contributed by atoms with E-state index in [4.69, 9.17) is 4.52 Å². The zero-order valence-electron chi connectivity index (χ0n) is 16.3. The smallest absolute Gasteiger partial charge is 0.293 e. The van der Waals surface area contributed by atoms with Crippen molar-refractivity contribution in [2.75, 3.05) is 13.1 Å². The Morgan fingerprint density at radius 2 is 2.00 bits per heavy atom. The van der Waals surface area contributed by atoms with E-state index in [0.29, 0.717) is 17.8 Å². The van der Waals surface area contributed by atoms with Crippen molar-refractivity contribution in [1.29, 1.82) is 0 Å². The fourth-order valence-electron chi connectivity index (χ4n) is 4.15. The van der Waals surface area contributed by atoms with Gasteiger partial charge in [0, 0.05) is 30.3 Å². The number of hydrogen-bond acceptors (Lipinski definition) is 4. The summed E-state index contributed by atoms with van der Waals surface area (Å²) >= 11 is 0. The van der Waals surface area contributed by atoms with E-state index in [9.17, 15) is 4.79 Å². The first-order chi connectivity index (χ1) is 14.2. The Morgan fingerprint density at radius 3 is 2.86 bits per heavy atom. The summed E-state index contributed by atoms with van der Waals surface area (Å²) in [5, 5.41) is 12.3. The number of piperidine rings is 1. The first-order valence-electron chi connectivity index (χ1n) is 9.94. The zero-order chi connectivity index (χ0) is 19.8. The van der Waals surface area contributed by atoms with Crippen molar-refractivity contribution in [2.45, 2.75) is 25.7 Å². The largest absolute Gasteiger partial charge is 0.350 e. The van der Waals surface area contributed by atoms with Gasteiger partial charge in [-0.1, -0.05) is 47.1 Å². The van der Waals surface area contributed by atoms with Crippen molar-refractivity contribution in [1.82, 2.24) is 20.3 Å². The molecule has 6 nitrogen and oxygen atoms in total. The maximum atomic E-state index is 13.1. The third-order valence-electron chi connectivity index (χ3n) is 5.73. The minimum absolute atomic E-state index is 0.0974. The molecule has 0 bridgehead atoms. The molecule has 4 aromatic rings. The molecular weight excluding hydrogens is 364 g/mol. The van der Waals surface area contributed by atoms with Crippen molar-refractivity contribution in [3.63, 3.8) is 0 Å². The number of hydrogen-bond donors (Lipinski definition) is 1. The summed E-state index contributed by atoms with van der Waals surface area (Å²) in [5.74, 6) is 0.435. The van der Waals surface area contributed by atoms with Gasteiger partial charge >= 0.3 is 0 Å². The van der Waals surface area contributed by atoms with Gasteiger partial charge in [0.15, 0.2) is 0 Å². The second-order valence-corrected chi connectivity index (χ2v) is 7.68. The molecule has 0 radical (unpaired) electrons. The molecule has 2 aromatic carbocycles. The van der Waals surface area contributed by atoms with E-state index in [2.05, 4.69) is 46.5 Å². The van der Waals surface area contributed by atoms with Crippen LogP contribution in [0.4, 0.5) is 0 Å². The number of fused-ring (bicyclic) bond motifs is 1. The van der Waals surface area contributed by atoms with E-state index in [1.807, 2.05) is 35.4 Å². The van der Waals surface area contributed by atoms with Crippen molar-refractivity contribution in [3.05, 3.63) is 71.7 Å². The summed E-state index contributed by atoms with van der Waals surface area (Å²) in [6.45, 7) is 3.44. The van der Waals surface area contributed by atoms with Gasteiger partial charge in [0.2, 0.25) is 5.76 Å². The monoisotopic (exact) mass is 386 g/mol. The van der Waals surface area contributed by atoms with E-state index in [1.165, 1.54) is 5.56 Å². The molecule has 1 saturated heterocycles. The molecule has 0 saturated carbocycles. The molecule has 5 rings (SSSR count). The van der Waals surface area contributed by atoms with Gasteiger partial charge in [-0.3, -0.25) is 9.89 Å². The summed E-state index contributed by atoms with van der Waals surface area (Å²) in [6.07, 6.45) is 3.83. The third-order valence-corrected chi connectivity index (χ3v) is 5.73. The van der Waals surface area contributed by atoms with E-state index in [1.54, 1.807) is 0 Å². The predicted molar refractivity (Wildman–Crippen MR) is 111 cm³/mol. The molecule has 3 heterocycles. The topological polar surface area (TPSA) is 75.0 Å². The van der Waals surface area contributed by atoms with Crippen LogP contribution in [0, 0.1) is 6.92 Å². The van der Waals surface area contributed by atoms with E-state index >= 15 is 0 Å². The highest BCUT2D eigenvalue weighted by Crippen LogP contribution is 2.34. The lowest BCUT2D eigenvalue weighted by Crippen LogP contribution is -2.39. The third kappa shape index (κ3) is 3.20. The summed E-state index contributed by atoms with van der Waals surface area (Å²) in [5.41, 5.74) is 5.28. The maximum absolute atomic E-state index is 13.1. The number of likely N-dealkylation sites (tertiary alicyclic amines) is 1. The Morgan fingerprint density at radius 1 is 1.17 bits per heavy atom. The van der Waals surface area contributed by atoms with Gasteiger partial charge in [-0.25, -0.2) is 0 Å². The van der Waals surface area contributed by atoms with Crippen molar-refractivity contribution in [3.8, 4) is 11.1 Å². The lowest BCUT2D eigenvalue weighted by Gasteiger charge is -2.32. The number of H-pyrrole nitrogens is 1. The first-order valence-corrected chi connectivity index (χ1v) is 9.94. The summed E-state index contributed by atoms with van der Waals surface area (Å²) in [6, 6.07) is 16.0. The van der Waals surface area contributed by atoms with Crippen LogP contribution in [0.25, 0.3) is 22.0 Å². The average molecular weight is 386 g/mol. The van der Waals surface area contributed by atoms with Crippen LogP contribution < -0.4 is 0 Å². The number of nitrogens with zero attached hydrogens (tertiary/aromatic N) is 3. The van der Waals surface area contributed by atoms with Crippen LogP contribution in [-0.2, 0) is 0 Å². The van der Waals surface area contributed by atoms with E-state index < -0.39 is 0 Å². The van der Waals surface area contributed by atoms with E-state index in [-0.39, 0.29) is 11.8 Å². The molecule has 1 aliphatic heterocycles. The number of rotatable bonds is 3. The molecule has 1 aliphatic rings. The van der Waals surface area contributed by atoms with Gasteiger partial charge in [-0.2, -0.15) is 5.10 Å². The van der Waals surface area contributed by atoms with E-state index in [0.717, 1.165) is 41.6 Å². The van der Waals surface area contributed by atoms with Crippen LogP contribution in [0.2, 0.25) is 0 Å². The molecule has 29 heavy (non-hydrogen) atoms. The van der Waals surface area contributed by atoms with Crippen molar-refractivity contribution in [2.24, 2.45) is 0 Å². The van der Waals surface area contributed by atoms with Crippen LogP contribution in [0.1, 0.15) is 40.6 Å². The summed E-state index contributed by atoms with van der Waals surface area (Å²) in [7, 11) is 0. The first kappa shape index (κ1) is 17.7. The van der Waals surface area contributed by atoms with Gasteiger partial charge in [0.1, 0.15) is 5.52 Å². The molecular formula is C23H22N4O2. The Balaban J connectivity index is 1.41. The molecule has 0 aliphatic carbocycles. The molecule has 0 spiro atoms. The van der Waals surface area contributed by atoms with Gasteiger partial charge in [0.05, 0.1) is 11.6 Å². The molecule has 1 amide bonds. The number of benzene rings is 2. The number of amides is 1. The Labute approximate surface area is 168 Å². The quantitative estimate of drug-likeness (QED) is 0.561. The normalized spacial score (nSPS) is 17.0. The number of carbonyl (C=O) groups excluding carboxylic acids is 1. The molecule has 0 unspecified atom stereocenters. The van der Waals surface area contributed by atoms with Crippen LogP contribution in [0.15, 0.2) is 59.3 Å². The Bertz CT molecular complexity index is 1160. The fraction of sp³-hybridized carbons (Fsp3) is 0.261. The van der Waals surface area contributed by atoms with Crippen LogP contribution in [-0.4, -0.2) is 39.3 Å². The van der Waals surface area contributed by atoms with Crippen LogP contribution >= 0.6 is 0 Å². The van der Waals surface area contributed by atoms with Gasteiger partial charge < -0.3 is 9.42 Å². The van der Waals surface area contributed by atoms with Gasteiger partial charge in [-0.15, -0.1) is 0 Å². The lowest BCUT2D eigenvalue weighted by molar-refractivity contribution is 0.0667. The predicted octanol–water partition coefficient (Wildman–Crippen LogP) is 4.55. The highest BCUT2D eigenvalue weighted by atomic mass is 16.5. The number of aromatic amines is 1. The average Bonchev–Trinajstić information content (AvgIpc) is 3.41. The fourth-order valence-corrected chi connectivity index (χ4v) is 4.15. The SMILES string of the molecule is Cc1ccc(-c2cn[nH]c2[C@H]2CCCN(C(=O)c3onc4ccccc34)C2)cc1. The second-order valence-electron chi connectivity index (χ2n) is 7.68. The minimum atomic E-state index is -0.0974.